The minimum atomic E-state index is -0.327. The van der Waals surface area contributed by atoms with Gasteiger partial charge in [0.1, 0.15) is 5.69 Å². The van der Waals surface area contributed by atoms with Crippen LogP contribution in [0.1, 0.15) is 43.1 Å². The van der Waals surface area contributed by atoms with Crippen molar-refractivity contribution in [1.82, 2.24) is 4.57 Å². The van der Waals surface area contributed by atoms with Gasteiger partial charge in [-0.1, -0.05) is 26.2 Å². The van der Waals surface area contributed by atoms with Gasteiger partial charge in [-0.15, -0.1) is 0 Å². The fraction of sp³-hybridized carbons (Fsp3) is 0.583. The molecule has 1 aromatic rings. The molecular formula is C12H20N2O2. The third-order valence-electron chi connectivity index (χ3n) is 2.56. The second-order valence-corrected chi connectivity index (χ2v) is 3.90. The van der Waals surface area contributed by atoms with Gasteiger partial charge < -0.3 is 15.0 Å². The zero-order valence-electron chi connectivity index (χ0n) is 10.0. The highest BCUT2D eigenvalue weighted by atomic mass is 16.5. The van der Waals surface area contributed by atoms with Gasteiger partial charge in [0.05, 0.1) is 12.8 Å². The van der Waals surface area contributed by atoms with Crippen molar-refractivity contribution in [3.05, 3.63) is 18.0 Å². The Balaban J connectivity index is 2.60. The third kappa shape index (κ3) is 3.29. The zero-order valence-corrected chi connectivity index (χ0v) is 10.0. The smallest absolute Gasteiger partial charge is 0.354 e. The number of nitrogens with two attached hydrogens (primary N) is 1. The maximum atomic E-state index is 11.4. The van der Waals surface area contributed by atoms with E-state index < -0.39 is 0 Å². The van der Waals surface area contributed by atoms with Gasteiger partial charge in [0.15, 0.2) is 0 Å². The fourth-order valence-electron chi connectivity index (χ4n) is 1.70. The maximum absolute atomic E-state index is 11.4. The summed E-state index contributed by atoms with van der Waals surface area (Å²) in [5.41, 5.74) is 6.82. The summed E-state index contributed by atoms with van der Waals surface area (Å²) < 4.78 is 6.57. The van der Waals surface area contributed by atoms with Crippen molar-refractivity contribution in [3.63, 3.8) is 0 Å². The van der Waals surface area contributed by atoms with E-state index >= 15 is 0 Å². The van der Waals surface area contributed by atoms with E-state index in [-0.39, 0.29) is 5.97 Å². The first kappa shape index (κ1) is 12.6. The van der Waals surface area contributed by atoms with Crippen molar-refractivity contribution in [2.24, 2.45) is 0 Å². The van der Waals surface area contributed by atoms with E-state index in [1.807, 2.05) is 4.57 Å². The number of aromatic nitrogens is 1. The van der Waals surface area contributed by atoms with E-state index in [4.69, 9.17) is 10.5 Å². The number of ether oxygens (including phenoxy) is 1. The van der Waals surface area contributed by atoms with Gasteiger partial charge in [-0.05, 0) is 12.5 Å². The quantitative estimate of drug-likeness (QED) is 0.596. The standard InChI is InChI=1S/C12H20N2O2/c1-3-4-5-6-7-14-9-10(13)8-11(14)12(15)16-2/h8-9H,3-7,13H2,1-2H3. The zero-order chi connectivity index (χ0) is 12.0. The molecule has 0 bridgehead atoms. The number of esters is 1. The number of carbonyl (C=O) groups excluding carboxylic acids is 1. The summed E-state index contributed by atoms with van der Waals surface area (Å²) in [7, 11) is 1.38. The molecule has 1 rings (SSSR count). The largest absolute Gasteiger partial charge is 0.464 e. The molecule has 0 spiro atoms. The average Bonchev–Trinajstić information content (AvgIpc) is 2.65. The molecule has 0 atom stereocenters. The lowest BCUT2D eigenvalue weighted by molar-refractivity contribution is 0.0588. The molecule has 0 aliphatic heterocycles. The van der Waals surface area contributed by atoms with Crippen LogP contribution in [0.2, 0.25) is 0 Å². The molecule has 0 unspecified atom stereocenters. The van der Waals surface area contributed by atoms with E-state index in [0.717, 1.165) is 13.0 Å². The van der Waals surface area contributed by atoms with Crippen LogP contribution < -0.4 is 5.73 Å². The number of hydrogen-bond acceptors (Lipinski definition) is 3. The maximum Gasteiger partial charge on any atom is 0.354 e. The summed E-state index contributed by atoms with van der Waals surface area (Å²) in [6.07, 6.45) is 6.46. The average molecular weight is 224 g/mol. The van der Waals surface area contributed by atoms with Crippen molar-refractivity contribution in [1.29, 1.82) is 0 Å². The molecule has 0 saturated carbocycles. The molecule has 1 aromatic heterocycles. The molecule has 0 radical (unpaired) electrons. The fourth-order valence-corrected chi connectivity index (χ4v) is 1.70. The van der Waals surface area contributed by atoms with Gasteiger partial charge in [-0.3, -0.25) is 0 Å². The predicted molar refractivity (Wildman–Crippen MR) is 64.3 cm³/mol. The monoisotopic (exact) mass is 224 g/mol. The molecule has 16 heavy (non-hydrogen) atoms. The highest BCUT2D eigenvalue weighted by Gasteiger charge is 2.12. The van der Waals surface area contributed by atoms with E-state index in [1.54, 1.807) is 12.3 Å². The number of nitrogens with zero attached hydrogens (tertiary/aromatic N) is 1. The van der Waals surface area contributed by atoms with E-state index in [9.17, 15) is 4.79 Å². The molecule has 4 nitrogen and oxygen atoms in total. The Morgan fingerprint density at radius 2 is 2.19 bits per heavy atom. The number of aryl methyl sites for hydroxylation is 1. The first-order valence-electron chi connectivity index (χ1n) is 5.73. The molecule has 0 aliphatic rings. The minimum Gasteiger partial charge on any atom is -0.464 e. The molecule has 4 heteroatoms. The Bertz CT molecular complexity index is 345. The number of hydrogen-bond donors (Lipinski definition) is 1. The second kappa shape index (κ2) is 6.20. The molecule has 0 amide bonds. The number of rotatable bonds is 6. The molecule has 0 fully saturated rings. The normalized spacial score (nSPS) is 10.4. The van der Waals surface area contributed by atoms with Crippen LogP contribution in [-0.2, 0) is 11.3 Å². The van der Waals surface area contributed by atoms with Gasteiger partial charge in [0.25, 0.3) is 0 Å². The van der Waals surface area contributed by atoms with Crippen LogP contribution in [0.5, 0.6) is 0 Å². The van der Waals surface area contributed by atoms with E-state index in [0.29, 0.717) is 11.4 Å². The molecule has 0 aliphatic carbocycles. The number of nitrogen functional groups attached to an aromatic ring is 1. The molecule has 2 N–H and O–H groups in total. The molecule has 90 valence electrons. The summed E-state index contributed by atoms with van der Waals surface area (Å²) in [5.74, 6) is -0.327. The number of methoxy groups -OCH3 is 1. The lowest BCUT2D eigenvalue weighted by Gasteiger charge is -2.06. The van der Waals surface area contributed by atoms with Gasteiger partial charge in [0, 0.05) is 12.7 Å². The van der Waals surface area contributed by atoms with Crippen molar-refractivity contribution < 1.29 is 9.53 Å². The predicted octanol–water partition coefficient (Wildman–Crippen LogP) is 2.44. The third-order valence-corrected chi connectivity index (χ3v) is 2.56. The van der Waals surface area contributed by atoms with Crippen LogP contribution in [0, 0.1) is 0 Å². The van der Waals surface area contributed by atoms with Crippen molar-refractivity contribution >= 4 is 11.7 Å². The Hall–Kier alpha value is -1.45. The first-order chi connectivity index (χ1) is 7.69. The number of unbranched alkanes of at least 4 members (excludes halogenated alkanes) is 3. The molecule has 0 saturated heterocycles. The van der Waals surface area contributed by atoms with Crippen LogP contribution in [0.3, 0.4) is 0 Å². The lowest BCUT2D eigenvalue weighted by Crippen LogP contribution is -2.10. The summed E-state index contributed by atoms with van der Waals surface area (Å²) >= 11 is 0. The van der Waals surface area contributed by atoms with E-state index in [1.165, 1.54) is 26.4 Å². The van der Waals surface area contributed by atoms with Crippen molar-refractivity contribution in [2.45, 2.75) is 39.2 Å². The summed E-state index contributed by atoms with van der Waals surface area (Å²) in [6.45, 7) is 3.00. The van der Waals surface area contributed by atoms with Gasteiger partial charge >= 0.3 is 5.97 Å². The molecule has 1 heterocycles. The Kier molecular flexibility index (Phi) is 4.89. The van der Waals surface area contributed by atoms with Crippen molar-refractivity contribution in [3.8, 4) is 0 Å². The SMILES string of the molecule is CCCCCCn1cc(N)cc1C(=O)OC. The van der Waals surface area contributed by atoms with Gasteiger partial charge in [-0.2, -0.15) is 0 Å². The summed E-state index contributed by atoms with van der Waals surface area (Å²) in [6, 6.07) is 1.66. The van der Waals surface area contributed by atoms with Crippen LogP contribution in [0.15, 0.2) is 12.3 Å². The van der Waals surface area contributed by atoms with Crippen LogP contribution >= 0.6 is 0 Å². The molecular weight excluding hydrogens is 204 g/mol. The summed E-state index contributed by atoms with van der Waals surface area (Å²) in [5, 5.41) is 0. The Morgan fingerprint density at radius 1 is 1.44 bits per heavy atom. The molecule has 0 aromatic carbocycles. The number of carbonyl (C=O) groups is 1. The summed E-state index contributed by atoms with van der Waals surface area (Å²) in [4.78, 5) is 11.4. The Labute approximate surface area is 96.4 Å². The van der Waals surface area contributed by atoms with E-state index in [2.05, 4.69) is 6.92 Å². The topological polar surface area (TPSA) is 57.2 Å². The van der Waals surface area contributed by atoms with Gasteiger partial charge in [-0.25, -0.2) is 4.79 Å². The van der Waals surface area contributed by atoms with Crippen LogP contribution in [0.4, 0.5) is 5.69 Å². The second-order valence-electron chi connectivity index (χ2n) is 3.90. The first-order valence-corrected chi connectivity index (χ1v) is 5.73. The minimum absolute atomic E-state index is 0.327. The van der Waals surface area contributed by atoms with Gasteiger partial charge in [0.2, 0.25) is 0 Å². The van der Waals surface area contributed by atoms with Crippen molar-refractivity contribution in [2.75, 3.05) is 12.8 Å². The highest BCUT2D eigenvalue weighted by Crippen LogP contribution is 2.13. The Morgan fingerprint density at radius 3 is 2.81 bits per heavy atom. The van der Waals surface area contributed by atoms with Crippen LogP contribution in [0.25, 0.3) is 0 Å². The highest BCUT2D eigenvalue weighted by molar-refractivity contribution is 5.88. The van der Waals surface area contributed by atoms with Crippen LogP contribution in [-0.4, -0.2) is 17.6 Å². The lowest BCUT2D eigenvalue weighted by atomic mass is 10.2. The number of anilines is 1.